The molecule has 1 amide bonds. The SMILES string of the molecule is C[C@@]1(c2nc(-c3ccccc3OC(F)(F)F)n[nH]2)CCCN1C(=O)c1cc(Cl)ccc1-n1nccn1. The molecule has 4 aromatic rings. The van der Waals surface area contributed by atoms with E-state index in [9.17, 15) is 18.0 Å². The number of amides is 1. The highest BCUT2D eigenvalue weighted by Gasteiger charge is 2.45. The number of H-pyrrole nitrogens is 1. The highest BCUT2D eigenvalue weighted by atomic mass is 35.5. The Balaban J connectivity index is 1.50. The third-order valence-electron chi connectivity index (χ3n) is 6.06. The fraction of sp³-hybridized carbons (Fsp3) is 0.261. The van der Waals surface area contributed by atoms with E-state index >= 15 is 0 Å². The maximum atomic E-state index is 13.8. The second-order valence-electron chi connectivity index (χ2n) is 8.37. The van der Waals surface area contributed by atoms with E-state index in [1.165, 1.54) is 35.4 Å². The van der Waals surface area contributed by atoms with Crippen molar-refractivity contribution in [2.24, 2.45) is 0 Å². The van der Waals surface area contributed by atoms with E-state index in [0.29, 0.717) is 41.5 Å². The minimum absolute atomic E-state index is 0.0227. The van der Waals surface area contributed by atoms with Gasteiger partial charge in [0.2, 0.25) is 0 Å². The van der Waals surface area contributed by atoms with Gasteiger partial charge < -0.3 is 9.64 Å². The number of likely N-dealkylation sites (tertiary alicyclic amines) is 1. The van der Waals surface area contributed by atoms with Crippen LogP contribution in [0.15, 0.2) is 54.9 Å². The fourth-order valence-electron chi connectivity index (χ4n) is 4.36. The van der Waals surface area contributed by atoms with Crippen molar-refractivity contribution >= 4 is 17.5 Å². The zero-order valence-corrected chi connectivity index (χ0v) is 19.6. The van der Waals surface area contributed by atoms with Crippen LogP contribution in [0.5, 0.6) is 5.75 Å². The van der Waals surface area contributed by atoms with E-state index < -0.39 is 17.7 Å². The molecule has 0 unspecified atom stereocenters. The Labute approximate surface area is 207 Å². The van der Waals surface area contributed by atoms with Gasteiger partial charge >= 0.3 is 6.36 Å². The zero-order chi connectivity index (χ0) is 25.5. The normalized spacial score (nSPS) is 18.0. The van der Waals surface area contributed by atoms with Crippen LogP contribution < -0.4 is 4.74 Å². The van der Waals surface area contributed by atoms with Gasteiger partial charge in [0.15, 0.2) is 11.6 Å². The first kappa shape index (κ1) is 23.8. The van der Waals surface area contributed by atoms with Gasteiger partial charge in [-0.1, -0.05) is 23.7 Å². The van der Waals surface area contributed by atoms with Crippen molar-refractivity contribution in [1.29, 1.82) is 0 Å². The van der Waals surface area contributed by atoms with Gasteiger partial charge in [0.1, 0.15) is 5.75 Å². The Kier molecular flexibility index (Phi) is 5.91. The lowest BCUT2D eigenvalue weighted by Crippen LogP contribution is -2.44. The van der Waals surface area contributed by atoms with Crippen molar-refractivity contribution in [3.63, 3.8) is 0 Å². The van der Waals surface area contributed by atoms with Gasteiger partial charge in [-0.25, -0.2) is 4.98 Å². The molecule has 0 saturated carbocycles. The summed E-state index contributed by atoms with van der Waals surface area (Å²) < 4.78 is 42.8. The van der Waals surface area contributed by atoms with Gasteiger partial charge in [-0.15, -0.1) is 13.2 Å². The molecular formula is C23H19ClF3N7O2. The summed E-state index contributed by atoms with van der Waals surface area (Å²) in [5.41, 5.74) is -0.0754. The highest BCUT2D eigenvalue weighted by Crippen LogP contribution is 2.40. The van der Waals surface area contributed by atoms with Crippen LogP contribution in [0.25, 0.3) is 17.1 Å². The van der Waals surface area contributed by atoms with E-state index in [1.807, 2.05) is 6.92 Å². The second-order valence-corrected chi connectivity index (χ2v) is 8.80. The lowest BCUT2D eigenvalue weighted by atomic mass is 9.97. The number of hydrogen-bond donors (Lipinski definition) is 1. The fourth-order valence-corrected chi connectivity index (χ4v) is 4.53. The quantitative estimate of drug-likeness (QED) is 0.410. The molecule has 13 heteroatoms. The molecule has 1 saturated heterocycles. The van der Waals surface area contributed by atoms with E-state index in [1.54, 1.807) is 29.2 Å². The molecule has 0 aliphatic carbocycles. The number of nitrogens with zero attached hydrogens (tertiary/aromatic N) is 6. The minimum atomic E-state index is -4.87. The van der Waals surface area contributed by atoms with Crippen molar-refractivity contribution < 1.29 is 22.7 Å². The monoisotopic (exact) mass is 517 g/mol. The average molecular weight is 518 g/mol. The Morgan fingerprint density at radius 2 is 1.92 bits per heavy atom. The topological polar surface area (TPSA) is 102 Å². The van der Waals surface area contributed by atoms with Gasteiger partial charge in [0, 0.05) is 11.6 Å². The molecular weight excluding hydrogens is 499 g/mol. The number of aromatic amines is 1. The van der Waals surface area contributed by atoms with Crippen LogP contribution in [-0.4, -0.2) is 53.9 Å². The number of hydrogen-bond acceptors (Lipinski definition) is 6. The Morgan fingerprint density at radius 3 is 2.67 bits per heavy atom. The second kappa shape index (κ2) is 8.94. The Morgan fingerprint density at radius 1 is 1.17 bits per heavy atom. The first-order valence-corrected chi connectivity index (χ1v) is 11.3. The number of para-hydroxylation sites is 1. The van der Waals surface area contributed by atoms with Crippen molar-refractivity contribution in [2.45, 2.75) is 31.7 Å². The van der Waals surface area contributed by atoms with E-state index in [2.05, 4.69) is 30.1 Å². The predicted octanol–water partition coefficient (Wildman–Crippen LogP) is 4.76. The van der Waals surface area contributed by atoms with Gasteiger partial charge in [0.05, 0.1) is 34.7 Å². The smallest absolute Gasteiger partial charge is 0.405 e. The molecule has 1 atom stereocenters. The molecule has 5 rings (SSSR count). The van der Waals surface area contributed by atoms with Gasteiger partial charge in [-0.3, -0.25) is 9.89 Å². The molecule has 1 aliphatic rings. The third kappa shape index (κ3) is 4.39. The molecule has 186 valence electrons. The summed E-state index contributed by atoms with van der Waals surface area (Å²) >= 11 is 6.21. The number of carbonyl (C=O) groups excluding carboxylic acids is 1. The number of carbonyl (C=O) groups is 1. The standard InChI is InChI=1S/C23H19ClF3N7O2/c1-22(21-30-19(31-32-21)15-5-2-3-6-18(15)36-23(25,26)27)9-4-12-33(22)20(35)16-13-14(24)7-8-17(16)34-28-10-11-29-34/h2-3,5-8,10-11,13H,4,9,12H2,1H3,(H,30,31,32)/t22-/m0/s1. The van der Waals surface area contributed by atoms with Crippen LogP contribution in [0.3, 0.4) is 0 Å². The molecule has 1 aliphatic heterocycles. The summed E-state index contributed by atoms with van der Waals surface area (Å²) in [6.07, 6.45) is -0.627. The molecule has 2 aromatic carbocycles. The summed E-state index contributed by atoms with van der Waals surface area (Å²) in [4.78, 5) is 21.2. The van der Waals surface area contributed by atoms with Crippen molar-refractivity contribution in [1.82, 2.24) is 35.1 Å². The number of aromatic nitrogens is 6. The summed E-state index contributed by atoms with van der Waals surface area (Å²) in [6, 6.07) is 10.5. The maximum Gasteiger partial charge on any atom is 0.573 e. The van der Waals surface area contributed by atoms with Crippen molar-refractivity contribution in [3.8, 4) is 22.8 Å². The third-order valence-corrected chi connectivity index (χ3v) is 6.29. The van der Waals surface area contributed by atoms with E-state index in [0.717, 1.165) is 0 Å². The Hall–Kier alpha value is -3.93. The van der Waals surface area contributed by atoms with Gasteiger partial charge in [0.25, 0.3) is 5.91 Å². The summed E-state index contributed by atoms with van der Waals surface area (Å²) in [5, 5.41) is 15.6. The number of alkyl halides is 3. The average Bonchev–Trinajstić information content (AvgIpc) is 3.59. The van der Waals surface area contributed by atoms with Crippen LogP contribution in [0.4, 0.5) is 13.2 Å². The van der Waals surface area contributed by atoms with E-state index in [-0.39, 0.29) is 17.3 Å². The van der Waals surface area contributed by atoms with Crippen molar-refractivity contribution in [3.05, 3.63) is 71.3 Å². The predicted molar refractivity (Wildman–Crippen MR) is 122 cm³/mol. The Bertz CT molecular complexity index is 1410. The van der Waals surface area contributed by atoms with Crippen LogP contribution in [-0.2, 0) is 5.54 Å². The van der Waals surface area contributed by atoms with Crippen LogP contribution in [0.2, 0.25) is 5.02 Å². The number of nitrogens with one attached hydrogen (secondary N) is 1. The maximum absolute atomic E-state index is 13.8. The molecule has 0 radical (unpaired) electrons. The highest BCUT2D eigenvalue weighted by molar-refractivity contribution is 6.31. The number of rotatable bonds is 5. The summed E-state index contributed by atoms with van der Waals surface area (Å²) in [6.45, 7) is 2.26. The minimum Gasteiger partial charge on any atom is -0.405 e. The molecule has 2 aromatic heterocycles. The molecule has 1 N–H and O–H groups in total. The number of benzene rings is 2. The molecule has 0 bridgehead atoms. The van der Waals surface area contributed by atoms with E-state index in [4.69, 9.17) is 11.6 Å². The number of ether oxygens (including phenoxy) is 1. The van der Waals surface area contributed by atoms with Gasteiger partial charge in [-0.2, -0.15) is 20.1 Å². The van der Waals surface area contributed by atoms with Gasteiger partial charge in [-0.05, 0) is 50.1 Å². The van der Waals surface area contributed by atoms with Crippen LogP contribution in [0.1, 0.15) is 35.9 Å². The lowest BCUT2D eigenvalue weighted by Gasteiger charge is -2.33. The summed E-state index contributed by atoms with van der Waals surface area (Å²) in [5.74, 6) is -0.376. The molecule has 1 fully saturated rings. The molecule has 9 nitrogen and oxygen atoms in total. The number of halogens is 4. The van der Waals surface area contributed by atoms with Crippen LogP contribution >= 0.6 is 11.6 Å². The first-order chi connectivity index (χ1) is 17.2. The van der Waals surface area contributed by atoms with Crippen molar-refractivity contribution in [2.75, 3.05) is 6.54 Å². The molecule has 0 spiro atoms. The first-order valence-electron chi connectivity index (χ1n) is 10.9. The lowest BCUT2D eigenvalue weighted by molar-refractivity contribution is -0.274. The van der Waals surface area contributed by atoms with Crippen LogP contribution in [0, 0.1) is 0 Å². The molecule has 36 heavy (non-hydrogen) atoms. The zero-order valence-electron chi connectivity index (χ0n) is 18.8. The summed E-state index contributed by atoms with van der Waals surface area (Å²) in [7, 11) is 0. The molecule has 3 heterocycles. The largest absolute Gasteiger partial charge is 0.573 e.